The Bertz CT molecular complexity index is 804. The molecule has 8 heteroatoms. The number of nitrogen functional groups attached to an aromatic ring is 1. The first-order chi connectivity index (χ1) is 10.1. The van der Waals surface area contributed by atoms with E-state index in [0.717, 1.165) is 5.56 Å². The monoisotopic (exact) mass is 303 g/mol. The molecule has 1 aliphatic heterocycles. The van der Waals surface area contributed by atoms with Crippen LogP contribution in [0.5, 0.6) is 0 Å². The van der Waals surface area contributed by atoms with Gasteiger partial charge in [-0.25, -0.2) is 10.8 Å². The van der Waals surface area contributed by atoms with Crippen molar-refractivity contribution in [3.05, 3.63) is 48.2 Å². The van der Waals surface area contributed by atoms with Crippen LogP contribution in [0.4, 0.5) is 11.5 Å². The number of sulfonamides is 1. The first kappa shape index (κ1) is 13.5. The van der Waals surface area contributed by atoms with Gasteiger partial charge in [-0.1, -0.05) is 12.1 Å². The highest BCUT2D eigenvalue weighted by Gasteiger charge is 2.24. The van der Waals surface area contributed by atoms with Gasteiger partial charge < -0.3 is 10.3 Å². The van der Waals surface area contributed by atoms with Crippen LogP contribution in [0, 0.1) is 0 Å². The van der Waals surface area contributed by atoms with Gasteiger partial charge in [-0.3, -0.25) is 0 Å². The van der Waals surface area contributed by atoms with Crippen LogP contribution in [0.25, 0.3) is 0 Å². The molecule has 1 aromatic heterocycles. The Balaban J connectivity index is 1.97. The van der Waals surface area contributed by atoms with E-state index in [1.54, 1.807) is 41.4 Å². The minimum Gasteiger partial charge on any atom is -0.326 e. The molecule has 3 rings (SSSR count). The van der Waals surface area contributed by atoms with Gasteiger partial charge in [0, 0.05) is 12.7 Å². The fourth-order valence-electron chi connectivity index (χ4n) is 2.12. The Morgan fingerprint density at radius 3 is 2.86 bits per heavy atom. The Labute approximate surface area is 122 Å². The average molecular weight is 303 g/mol. The quantitative estimate of drug-likeness (QED) is 0.650. The number of nitrogens with two attached hydrogens (primary N) is 1. The van der Waals surface area contributed by atoms with Gasteiger partial charge in [0.25, 0.3) is 10.0 Å². The number of hydrogen-bond donors (Lipinski definition) is 2. The second kappa shape index (κ2) is 5.15. The summed E-state index contributed by atoms with van der Waals surface area (Å²) in [6.07, 6.45) is 2.96. The lowest BCUT2D eigenvalue weighted by atomic mass is 10.2. The summed E-state index contributed by atoms with van der Waals surface area (Å²) >= 11 is 0. The average Bonchev–Trinajstić information content (AvgIpc) is 2.51. The van der Waals surface area contributed by atoms with Gasteiger partial charge in [-0.05, 0) is 29.8 Å². The molecule has 0 saturated heterocycles. The lowest BCUT2D eigenvalue weighted by Crippen LogP contribution is -2.26. The van der Waals surface area contributed by atoms with Crippen molar-refractivity contribution in [3.8, 4) is 0 Å². The maximum atomic E-state index is 11.9. The number of para-hydroxylation sites is 1. The number of pyridine rings is 1. The molecule has 0 atom stereocenters. The summed E-state index contributed by atoms with van der Waals surface area (Å²) in [6, 6.07) is 10.4. The molecular weight excluding hydrogens is 290 g/mol. The van der Waals surface area contributed by atoms with Crippen LogP contribution >= 0.6 is 0 Å². The fraction of sp³-hybridized carbons (Fsp3) is 0.0769. The molecule has 0 radical (unpaired) electrons. The van der Waals surface area contributed by atoms with Crippen molar-refractivity contribution in [1.82, 2.24) is 4.98 Å². The number of rotatable bonds is 3. The van der Waals surface area contributed by atoms with Crippen molar-refractivity contribution in [3.63, 3.8) is 0 Å². The fourth-order valence-corrected chi connectivity index (χ4v) is 3.18. The van der Waals surface area contributed by atoms with Gasteiger partial charge in [0.15, 0.2) is 0 Å². The third-order valence-corrected chi connectivity index (χ3v) is 4.38. The van der Waals surface area contributed by atoms with Crippen molar-refractivity contribution in [2.45, 2.75) is 11.4 Å². The standard InChI is InChI=1S/C13H13N5O2S/c14-17-13-7-10(5-6-15-13)8-18-9-16-21(19,20)12-4-2-1-3-11(12)18/h1-7,9H,8,14H2,(H,15,17). The maximum absolute atomic E-state index is 11.9. The summed E-state index contributed by atoms with van der Waals surface area (Å²) < 4.78 is 27.5. The topological polar surface area (TPSA) is 101 Å². The van der Waals surface area contributed by atoms with E-state index in [2.05, 4.69) is 14.8 Å². The predicted octanol–water partition coefficient (Wildman–Crippen LogP) is 1.10. The highest BCUT2D eigenvalue weighted by Crippen LogP contribution is 2.30. The molecule has 0 aliphatic carbocycles. The van der Waals surface area contributed by atoms with Crippen molar-refractivity contribution in [2.75, 3.05) is 10.3 Å². The lowest BCUT2D eigenvalue weighted by Gasteiger charge is -2.25. The van der Waals surface area contributed by atoms with E-state index in [4.69, 9.17) is 5.84 Å². The molecule has 2 aromatic rings. The minimum atomic E-state index is -3.60. The van der Waals surface area contributed by atoms with Gasteiger partial charge in [0.05, 0.1) is 5.69 Å². The Kier molecular flexibility index (Phi) is 3.32. The molecule has 1 aliphatic rings. The molecule has 0 spiro atoms. The van der Waals surface area contributed by atoms with E-state index in [1.165, 1.54) is 6.34 Å². The Hall–Kier alpha value is -2.45. The highest BCUT2D eigenvalue weighted by atomic mass is 32.2. The largest absolute Gasteiger partial charge is 0.326 e. The van der Waals surface area contributed by atoms with Gasteiger partial charge in [-0.2, -0.15) is 8.42 Å². The molecule has 7 nitrogen and oxygen atoms in total. The molecule has 0 fully saturated rings. The van der Waals surface area contributed by atoms with Crippen molar-refractivity contribution in [2.24, 2.45) is 10.2 Å². The van der Waals surface area contributed by atoms with Crippen LogP contribution in [-0.4, -0.2) is 19.7 Å². The predicted molar refractivity (Wildman–Crippen MR) is 80.3 cm³/mol. The van der Waals surface area contributed by atoms with E-state index < -0.39 is 10.0 Å². The number of anilines is 2. The second-order valence-electron chi connectivity index (χ2n) is 4.49. The summed E-state index contributed by atoms with van der Waals surface area (Å²) in [5.41, 5.74) is 4.01. The zero-order chi connectivity index (χ0) is 14.9. The second-order valence-corrected chi connectivity index (χ2v) is 6.09. The third kappa shape index (κ3) is 2.58. The number of hydrazine groups is 1. The molecule has 2 heterocycles. The molecule has 1 aromatic carbocycles. The van der Waals surface area contributed by atoms with Crippen LogP contribution in [0.15, 0.2) is 51.9 Å². The zero-order valence-corrected chi connectivity index (χ0v) is 11.8. The molecule has 0 saturated carbocycles. The smallest absolute Gasteiger partial charge is 0.285 e. The van der Waals surface area contributed by atoms with Crippen LogP contribution in [0.3, 0.4) is 0 Å². The van der Waals surface area contributed by atoms with E-state index >= 15 is 0 Å². The van der Waals surface area contributed by atoms with Crippen LogP contribution in [0.1, 0.15) is 5.56 Å². The van der Waals surface area contributed by atoms with Crippen LogP contribution in [0.2, 0.25) is 0 Å². The molecule has 0 unspecified atom stereocenters. The summed E-state index contributed by atoms with van der Waals surface area (Å²) in [7, 11) is -3.60. The summed E-state index contributed by atoms with van der Waals surface area (Å²) in [6.45, 7) is 0.466. The summed E-state index contributed by atoms with van der Waals surface area (Å²) in [4.78, 5) is 6.01. The summed E-state index contributed by atoms with van der Waals surface area (Å²) in [5.74, 6) is 5.88. The van der Waals surface area contributed by atoms with Gasteiger partial charge in [0.1, 0.15) is 17.1 Å². The number of fused-ring (bicyclic) bond motifs is 1. The van der Waals surface area contributed by atoms with Crippen molar-refractivity contribution in [1.29, 1.82) is 0 Å². The molecule has 0 bridgehead atoms. The SMILES string of the molecule is NNc1cc(CN2C=NS(=O)(=O)c3ccccc32)ccn1. The van der Waals surface area contributed by atoms with Gasteiger partial charge >= 0.3 is 0 Å². The normalized spacial score (nSPS) is 15.6. The highest BCUT2D eigenvalue weighted by molar-refractivity contribution is 7.90. The number of benzene rings is 1. The summed E-state index contributed by atoms with van der Waals surface area (Å²) in [5, 5.41) is 0. The number of nitrogens with one attached hydrogen (secondary N) is 1. The van der Waals surface area contributed by atoms with Crippen LogP contribution < -0.4 is 16.2 Å². The molecule has 108 valence electrons. The Morgan fingerprint density at radius 2 is 2.05 bits per heavy atom. The molecule has 21 heavy (non-hydrogen) atoms. The molecule has 3 N–H and O–H groups in total. The minimum absolute atomic E-state index is 0.207. The molecule has 0 amide bonds. The first-order valence-corrected chi connectivity index (χ1v) is 7.62. The first-order valence-electron chi connectivity index (χ1n) is 6.18. The zero-order valence-electron chi connectivity index (χ0n) is 11.0. The van der Waals surface area contributed by atoms with Crippen LogP contribution in [-0.2, 0) is 16.6 Å². The van der Waals surface area contributed by atoms with Crippen molar-refractivity contribution < 1.29 is 8.42 Å². The third-order valence-electron chi connectivity index (χ3n) is 3.10. The van der Waals surface area contributed by atoms with E-state index in [0.29, 0.717) is 18.1 Å². The van der Waals surface area contributed by atoms with Gasteiger partial charge in [-0.15, -0.1) is 4.40 Å². The van der Waals surface area contributed by atoms with E-state index in [9.17, 15) is 8.42 Å². The Morgan fingerprint density at radius 1 is 1.24 bits per heavy atom. The lowest BCUT2D eigenvalue weighted by molar-refractivity contribution is 0.597. The number of hydrogen-bond acceptors (Lipinski definition) is 6. The van der Waals surface area contributed by atoms with E-state index in [1.807, 2.05) is 6.07 Å². The van der Waals surface area contributed by atoms with Crippen molar-refractivity contribution >= 4 is 27.9 Å². The molecular formula is C13H13N5O2S. The number of nitrogens with zero attached hydrogens (tertiary/aromatic N) is 3. The number of aromatic nitrogens is 1. The van der Waals surface area contributed by atoms with E-state index in [-0.39, 0.29) is 4.90 Å². The van der Waals surface area contributed by atoms with Gasteiger partial charge in [0.2, 0.25) is 0 Å². The maximum Gasteiger partial charge on any atom is 0.285 e.